The van der Waals surface area contributed by atoms with Gasteiger partial charge in [0.05, 0.1) is 12.0 Å². The first-order valence-electron chi connectivity index (χ1n) is 6.58. The molecule has 0 unspecified atom stereocenters. The predicted molar refractivity (Wildman–Crippen MR) is 72.8 cm³/mol. The Morgan fingerprint density at radius 1 is 1.35 bits per heavy atom. The first-order valence-corrected chi connectivity index (χ1v) is 6.58. The van der Waals surface area contributed by atoms with Gasteiger partial charge in [0.25, 0.3) is 0 Å². The Hall–Kier alpha value is -0.830. The normalized spacial score (nSPS) is 12.4. The van der Waals surface area contributed by atoms with Crippen molar-refractivity contribution in [3.05, 3.63) is 18.2 Å². The van der Waals surface area contributed by atoms with E-state index >= 15 is 0 Å². The van der Waals surface area contributed by atoms with Gasteiger partial charge in [-0.1, -0.05) is 34.6 Å². The Balaban J connectivity index is 2.43. The number of nitrogens with zero attached hydrogens (tertiary/aromatic N) is 2. The van der Waals surface area contributed by atoms with E-state index in [1.54, 1.807) is 0 Å². The van der Waals surface area contributed by atoms with Crippen molar-refractivity contribution in [1.82, 2.24) is 14.9 Å². The molecule has 0 amide bonds. The van der Waals surface area contributed by atoms with Crippen LogP contribution < -0.4 is 5.32 Å². The Morgan fingerprint density at radius 2 is 2.06 bits per heavy atom. The summed E-state index contributed by atoms with van der Waals surface area (Å²) in [6, 6.07) is 0. The third kappa shape index (κ3) is 5.87. The molecule has 0 aliphatic heterocycles. The molecule has 0 aliphatic rings. The summed E-state index contributed by atoms with van der Waals surface area (Å²) in [5.41, 5.74) is 1.67. The summed E-state index contributed by atoms with van der Waals surface area (Å²) in [6.45, 7) is 14.3. The highest BCUT2D eigenvalue weighted by Gasteiger charge is 2.11. The zero-order valence-corrected chi connectivity index (χ0v) is 12.0. The number of imidazole rings is 1. The topological polar surface area (TPSA) is 29.9 Å². The average Bonchev–Trinajstić information content (AvgIpc) is 2.61. The fraction of sp³-hybridized carbons (Fsp3) is 0.786. The molecule has 3 heteroatoms. The highest BCUT2D eigenvalue weighted by molar-refractivity contribution is 4.98. The van der Waals surface area contributed by atoms with Gasteiger partial charge in [0.2, 0.25) is 0 Å². The maximum Gasteiger partial charge on any atom is 0.0948 e. The molecule has 1 aromatic rings. The van der Waals surface area contributed by atoms with Crippen LogP contribution >= 0.6 is 0 Å². The van der Waals surface area contributed by atoms with Gasteiger partial charge in [-0.3, -0.25) is 0 Å². The third-order valence-electron chi connectivity index (χ3n) is 2.76. The highest BCUT2D eigenvalue weighted by atomic mass is 15.1. The lowest BCUT2D eigenvalue weighted by Gasteiger charge is -2.19. The molecule has 0 spiro atoms. The van der Waals surface area contributed by atoms with E-state index in [0.717, 1.165) is 19.6 Å². The molecule has 1 rings (SSSR count). The molecule has 0 fully saturated rings. The van der Waals surface area contributed by atoms with Gasteiger partial charge >= 0.3 is 0 Å². The monoisotopic (exact) mass is 237 g/mol. The van der Waals surface area contributed by atoms with Crippen LogP contribution in [0.1, 0.15) is 46.7 Å². The predicted octanol–water partition coefficient (Wildman–Crippen LogP) is 3.06. The molecule has 1 heterocycles. The second kappa shape index (κ2) is 6.20. The lowest BCUT2D eigenvalue weighted by molar-refractivity contribution is 0.347. The van der Waals surface area contributed by atoms with E-state index in [1.807, 2.05) is 12.5 Å². The molecule has 0 bridgehead atoms. The first kappa shape index (κ1) is 14.2. The van der Waals surface area contributed by atoms with Crippen molar-refractivity contribution in [2.45, 2.75) is 54.1 Å². The van der Waals surface area contributed by atoms with E-state index in [1.165, 1.54) is 12.1 Å². The first-order chi connectivity index (χ1) is 7.88. The zero-order chi connectivity index (χ0) is 12.9. The van der Waals surface area contributed by atoms with Crippen LogP contribution in [0.25, 0.3) is 0 Å². The molecule has 0 saturated heterocycles. The zero-order valence-electron chi connectivity index (χ0n) is 12.0. The van der Waals surface area contributed by atoms with E-state index < -0.39 is 0 Å². The summed E-state index contributed by atoms with van der Waals surface area (Å²) in [6.07, 6.45) is 5.09. The fourth-order valence-corrected chi connectivity index (χ4v) is 1.64. The van der Waals surface area contributed by atoms with Crippen molar-refractivity contribution in [3.8, 4) is 0 Å². The van der Waals surface area contributed by atoms with Crippen molar-refractivity contribution >= 4 is 0 Å². The van der Waals surface area contributed by atoms with Crippen molar-refractivity contribution < 1.29 is 0 Å². The number of rotatable bonds is 6. The van der Waals surface area contributed by atoms with E-state index in [-0.39, 0.29) is 0 Å². The van der Waals surface area contributed by atoms with Crippen molar-refractivity contribution in [3.63, 3.8) is 0 Å². The third-order valence-corrected chi connectivity index (χ3v) is 2.76. The van der Waals surface area contributed by atoms with Crippen LogP contribution in [0, 0.1) is 11.3 Å². The molecule has 98 valence electrons. The highest BCUT2D eigenvalue weighted by Crippen LogP contribution is 2.19. The molecule has 0 aliphatic carbocycles. The van der Waals surface area contributed by atoms with Gasteiger partial charge in [0.1, 0.15) is 0 Å². The number of hydrogen-bond donors (Lipinski definition) is 1. The molecular formula is C14H27N3. The van der Waals surface area contributed by atoms with Crippen LogP contribution in [0.5, 0.6) is 0 Å². The molecule has 0 atom stereocenters. The summed E-state index contributed by atoms with van der Waals surface area (Å²) in [5.74, 6) is 0.695. The number of hydrogen-bond acceptors (Lipinski definition) is 2. The van der Waals surface area contributed by atoms with Gasteiger partial charge in [-0.2, -0.15) is 0 Å². The lowest BCUT2D eigenvalue weighted by Crippen LogP contribution is -2.21. The van der Waals surface area contributed by atoms with Crippen LogP contribution in [0.15, 0.2) is 12.5 Å². The Morgan fingerprint density at radius 3 is 2.65 bits per heavy atom. The maximum absolute atomic E-state index is 4.24. The van der Waals surface area contributed by atoms with Gasteiger partial charge in [-0.15, -0.1) is 0 Å². The lowest BCUT2D eigenvalue weighted by atomic mass is 9.92. The van der Waals surface area contributed by atoms with Crippen molar-refractivity contribution in [2.24, 2.45) is 11.3 Å². The van der Waals surface area contributed by atoms with Crippen molar-refractivity contribution in [2.75, 3.05) is 6.54 Å². The van der Waals surface area contributed by atoms with E-state index in [2.05, 4.69) is 49.5 Å². The molecule has 17 heavy (non-hydrogen) atoms. The number of aryl methyl sites for hydroxylation is 1. The standard InChI is InChI=1S/C14H27N3/c1-12(2)8-15-9-13-10-16-11-17(13)7-6-14(3,4)5/h10-12,15H,6-9H2,1-5H3. The molecule has 1 aromatic heterocycles. The maximum atomic E-state index is 4.24. The number of nitrogens with one attached hydrogen (secondary N) is 1. The van der Waals surface area contributed by atoms with Gasteiger partial charge in [-0.05, 0) is 24.3 Å². The van der Waals surface area contributed by atoms with Crippen LogP contribution in [0.4, 0.5) is 0 Å². The Bertz CT molecular complexity index is 320. The van der Waals surface area contributed by atoms with Crippen molar-refractivity contribution in [1.29, 1.82) is 0 Å². The Kier molecular flexibility index (Phi) is 5.19. The summed E-state index contributed by atoms with van der Waals surface area (Å²) in [5, 5.41) is 3.46. The van der Waals surface area contributed by atoms with E-state index in [4.69, 9.17) is 0 Å². The molecule has 3 nitrogen and oxygen atoms in total. The van der Waals surface area contributed by atoms with Gasteiger partial charge < -0.3 is 9.88 Å². The minimum absolute atomic E-state index is 0.382. The van der Waals surface area contributed by atoms with Gasteiger partial charge in [0, 0.05) is 19.3 Å². The molecule has 0 radical (unpaired) electrons. The smallest absolute Gasteiger partial charge is 0.0948 e. The summed E-state index contributed by atoms with van der Waals surface area (Å²) in [4.78, 5) is 4.24. The van der Waals surface area contributed by atoms with Crippen LogP contribution in [0.3, 0.4) is 0 Å². The SMILES string of the molecule is CC(C)CNCc1cncn1CCC(C)(C)C. The minimum atomic E-state index is 0.382. The molecular weight excluding hydrogens is 210 g/mol. The summed E-state index contributed by atoms with van der Waals surface area (Å²) >= 11 is 0. The van der Waals surface area contributed by atoms with Crippen LogP contribution in [0.2, 0.25) is 0 Å². The van der Waals surface area contributed by atoms with E-state index in [0.29, 0.717) is 11.3 Å². The average molecular weight is 237 g/mol. The van der Waals surface area contributed by atoms with Gasteiger partial charge in [0.15, 0.2) is 0 Å². The minimum Gasteiger partial charge on any atom is -0.333 e. The summed E-state index contributed by atoms with van der Waals surface area (Å²) in [7, 11) is 0. The second-order valence-corrected chi connectivity index (χ2v) is 6.41. The molecule has 0 saturated carbocycles. The van der Waals surface area contributed by atoms with Crippen LogP contribution in [-0.4, -0.2) is 16.1 Å². The quantitative estimate of drug-likeness (QED) is 0.824. The fourth-order valence-electron chi connectivity index (χ4n) is 1.64. The van der Waals surface area contributed by atoms with Gasteiger partial charge in [-0.25, -0.2) is 4.98 Å². The van der Waals surface area contributed by atoms with E-state index in [9.17, 15) is 0 Å². The molecule has 1 N–H and O–H groups in total. The molecule has 0 aromatic carbocycles. The largest absolute Gasteiger partial charge is 0.333 e. The van der Waals surface area contributed by atoms with Crippen LogP contribution in [-0.2, 0) is 13.1 Å². The Labute approximate surface area is 106 Å². The number of aromatic nitrogens is 2. The second-order valence-electron chi connectivity index (χ2n) is 6.41. The summed E-state index contributed by atoms with van der Waals surface area (Å²) < 4.78 is 2.26.